The zero-order valence-corrected chi connectivity index (χ0v) is 16.8. The van der Waals surface area contributed by atoms with Crippen molar-refractivity contribution in [3.8, 4) is 0 Å². The Morgan fingerprint density at radius 2 is 1.38 bits per heavy atom. The third-order valence-electron chi connectivity index (χ3n) is 3.98. The molecule has 0 saturated carbocycles. The summed E-state index contributed by atoms with van der Waals surface area (Å²) in [5.74, 6) is -0.931. The first-order valence-electron chi connectivity index (χ1n) is 8.81. The van der Waals surface area contributed by atoms with E-state index in [1.54, 1.807) is 60.7 Å². The number of amides is 3. The molecule has 0 unspecified atom stereocenters. The lowest BCUT2D eigenvalue weighted by Crippen LogP contribution is -2.35. The molecule has 0 aliphatic rings. The number of rotatable bonds is 7. The first-order valence-corrected chi connectivity index (χ1v) is 10.1. The van der Waals surface area contributed by atoms with E-state index in [4.69, 9.17) is 11.6 Å². The molecule has 1 heterocycles. The highest BCUT2D eigenvalue weighted by Gasteiger charge is 2.14. The maximum Gasteiger partial charge on any atom is 0.265 e. The van der Waals surface area contributed by atoms with Crippen LogP contribution in [-0.2, 0) is 0 Å². The molecular weight excluding hydrogens is 410 g/mol. The zero-order chi connectivity index (χ0) is 20.6. The molecule has 0 aliphatic carbocycles. The Hall–Kier alpha value is -3.16. The van der Waals surface area contributed by atoms with Crippen LogP contribution >= 0.6 is 22.9 Å². The van der Waals surface area contributed by atoms with Gasteiger partial charge in [0.15, 0.2) is 0 Å². The van der Waals surface area contributed by atoms with Gasteiger partial charge in [0.05, 0.1) is 26.7 Å². The van der Waals surface area contributed by atoms with Gasteiger partial charge in [0.25, 0.3) is 17.7 Å². The van der Waals surface area contributed by atoms with Crippen molar-refractivity contribution in [2.24, 2.45) is 0 Å². The van der Waals surface area contributed by atoms with E-state index in [0.29, 0.717) is 26.7 Å². The van der Waals surface area contributed by atoms with Crippen molar-refractivity contribution >= 4 is 46.3 Å². The van der Waals surface area contributed by atoms with E-state index in [9.17, 15) is 14.4 Å². The van der Waals surface area contributed by atoms with E-state index in [-0.39, 0.29) is 30.8 Å². The van der Waals surface area contributed by atoms with Crippen LogP contribution in [0.2, 0.25) is 5.02 Å². The topological polar surface area (TPSA) is 87.3 Å². The van der Waals surface area contributed by atoms with Crippen LogP contribution in [0.1, 0.15) is 30.4 Å². The van der Waals surface area contributed by atoms with E-state index < -0.39 is 0 Å². The lowest BCUT2D eigenvalue weighted by atomic mass is 10.1. The third kappa shape index (κ3) is 5.43. The van der Waals surface area contributed by atoms with Crippen molar-refractivity contribution < 1.29 is 14.4 Å². The van der Waals surface area contributed by atoms with Gasteiger partial charge in [0.1, 0.15) is 0 Å². The highest BCUT2D eigenvalue weighted by Crippen LogP contribution is 2.18. The van der Waals surface area contributed by atoms with Gasteiger partial charge in [-0.3, -0.25) is 14.4 Å². The molecule has 3 aromatic rings. The second-order valence-corrected chi connectivity index (χ2v) is 7.32. The third-order valence-corrected chi connectivity index (χ3v) is 5.18. The Kier molecular flexibility index (Phi) is 6.99. The fraction of sp³-hybridized carbons (Fsp3) is 0.0952. The van der Waals surface area contributed by atoms with Gasteiger partial charge >= 0.3 is 0 Å². The minimum atomic E-state index is -0.348. The maximum atomic E-state index is 12.5. The smallest absolute Gasteiger partial charge is 0.265 e. The molecule has 0 radical (unpaired) electrons. The maximum absolute atomic E-state index is 12.5. The molecule has 0 saturated heterocycles. The monoisotopic (exact) mass is 427 g/mol. The first-order chi connectivity index (χ1) is 14.1. The van der Waals surface area contributed by atoms with E-state index in [1.165, 1.54) is 11.3 Å². The Morgan fingerprint density at radius 1 is 0.759 bits per heavy atom. The Bertz CT molecular complexity index is 1020. The van der Waals surface area contributed by atoms with Crippen molar-refractivity contribution in [3.63, 3.8) is 0 Å². The number of halogens is 1. The zero-order valence-electron chi connectivity index (χ0n) is 15.3. The molecule has 3 N–H and O–H groups in total. The average Bonchev–Trinajstić information content (AvgIpc) is 3.27. The van der Waals surface area contributed by atoms with Crippen LogP contribution < -0.4 is 16.0 Å². The normalized spacial score (nSPS) is 10.2. The number of benzene rings is 2. The summed E-state index contributed by atoms with van der Waals surface area (Å²) in [5, 5.41) is 10.4. The summed E-state index contributed by atoms with van der Waals surface area (Å²) in [4.78, 5) is 37.4. The van der Waals surface area contributed by atoms with Crippen LogP contribution in [0.5, 0.6) is 0 Å². The molecule has 2 aromatic carbocycles. The quantitative estimate of drug-likeness (QED) is 0.501. The highest BCUT2D eigenvalue weighted by molar-refractivity contribution is 7.12. The molecule has 0 atom stereocenters. The molecule has 8 heteroatoms. The van der Waals surface area contributed by atoms with Gasteiger partial charge < -0.3 is 16.0 Å². The van der Waals surface area contributed by atoms with Crippen LogP contribution in [-0.4, -0.2) is 30.8 Å². The predicted octanol–water partition coefficient (Wildman–Crippen LogP) is 3.81. The minimum absolute atomic E-state index is 0.224. The number of thiophene rings is 1. The lowest BCUT2D eigenvalue weighted by molar-refractivity contribution is 0.0928. The predicted molar refractivity (Wildman–Crippen MR) is 115 cm³/mol. The molecule has 0 fully saturated rings. The Morgan fingerprint density at radius 3 is 2.03 bits per heavy atom. The summed E-state index contributed by atoms with van der Waals surface area (Å²) in [6.07, 6.45) is 0. The van der Waals surface area contributed by atoms with E-state index in [1.807, 2.05) is 5.38 Å². The molecule has 148 valence electrons. The van der Waals surface area contributed by atoms with Crippen molar-refractivity contribution in [3.05, 3.63) is 87.1 Å². The van der Waals surface area contributed by atoms with Crippen molar-refractivity contribution in [1.82, 2.24) is 10.6 Å². The fourth-order valence-electron chi connectivity index (χ4n) is 2.57. The van der Waals surface area contributed by atoms with E-state index >= 15 is 0 Å². The molecule has 1 aromatic heterocycles. The van der Waals surface area contributed by atoms with Crippen LogP contribution in [0.3, 0.4) is 0 Å². The highest BCUT2D eigenvalue weighted by atomic mass is 35.5. The summed E-state index contributed by atoms with van der Waals surface area (Å²) >= 11 is 7.31. The van der Waals surface area contributed by atoms with E-state index in [0.717, 1.165) is 0 Å². The molecular formula is C21H18ClN3O3S. The Balaban J connectivity index is 1.54. The fourth-order valence-corrected chi connectivity index (χ4v) is 3.41. The van der Waals surface area contributed by atoms with Gasteiger partial charge in [-0.1, -0.05) is 41.9 Å². The second kappa shape index (κ2) is 9.86. The number of carbonyl (C=O) groups excluding carboxylic acids is 3. The summed E-state index contributed by atoms with van der Waals surface area (Å²) < 4.78 is 0. The summed E-state index contributed by atoms with van der Waals surface area (Å²) in [5.41, 5.74) is 1.14. The van der Waals surface area contributed by atoms with Gasteiger partial charge in [-0.2, -0.15) is 0 Å². The van der Waals surface area contributed by atoms with Gasteiger partial charge in [0, 0.05) is 13.1 Å². The van der Waals surface area contributed by atoms with Crippen LogP contribution in [0.25, 0.3) is 0 Å². The standard InChI is InChI=1S/C21H18ClN3O3S/c22-16-8-3-1-6-14(16)19(26)23-11-12-24-20(27)15-7-2-4-9-17(15)25-21(28)18-10-5-13-29-18/h1-10,13H,11-12H2,(H,23,26)(H,24,27)(H,25,28). The van der Waals surface area contributed by atoms with Gasteiger partial charge in [-0.25, -0.2) is 0 Å². The van der Waals surface area contributed by atoms with E-state index in [2.05, 4.69) is 16.0 Å². The van der Waals surface area contributed by atoms with Crippen molar-refractivity contribution in [2.75, 3.05) is 18.4 Å². The summed E-state index contributed by atoms with van der Waals surface area (Å²) in [6, 6.07) is 17.0. The molecule has 29 heavy (non-hydrogen) atoms. The van der Waals surface area contributed by atoms with Gasteiger partial charge in [-0.05, 0) is 35.7 Å². The second-order valence-electron chi connectivity index (χ2n) is 5.97. The van der Waals surface area contributed by atoms with Crippen LogP contribution in [0.15, 0.2) is 66.0 Å². The molecule has 3 rings (SSSR count). The average molecular weight is 428 g/mol. The molecule has 0 spiro atoms. The largest absolute Gasteiger partial charge is 0.350 e. The number of carbonyl (C=O) groups is 3. The van der Waals surface area contributed by atoms with Gasteiger partial charge in [0.2, 0.25) is 0 Å². The van der Waals surface area contributed by atoms with Crippen molar-refractivity contribution in [2.45, 2.75) is 0 Å². The Labute approximate surface area is 176 Å². The first kappa shape index (κ1) is 20.6. The lowest BCUT2D eigenvalue weighted by Gasteiger charge is -2.11. The van der Waals surface area contributed by atoms with Crippen LogP contribution in [0, 0.1) is 0 Å². The number of hydrogen-bond acceptors (Lipinski definition) is 4. The molecule has 6 nitrogen and oxygen atoms in total. The summed E-state index contributed by atoms with van der Waals surface area (Å²) in [6.45, 7) is 0.460. The van der Waals surface area contributed by atoms with Gasteiger partial charge in [-0.15, -0.1) is 11.3 Å². The van der Waals surface area contributed by atoms with Crippen molar-refractivity contribution in [1.29, 1.82) is 0 Å². The molecule has 0 aliphatic heterocycles. The number of para-hydroxylation sites is 1. The van der Waals surface area contributed by atoms with Crippen LogP contribution in [0.4, 0.5) is 5.69 Å². The SMILES string of the molecule is O=C(Nc1ccccc1C(=O)NCCNC(=O)c1ccccc1Cl)c1cccs1. The number of anilines is 1. The minimum Gasteiger partial charge on any atom is -0.350 e. The molecule has 3 amide bonds. The summed E-state index contributed by atoms with van der Waals surface area (Å²) in [7, 11) is 0. The molecule has 0 bridgehead atoms. The number of nitrogens with one attached hydrogen (secondary N) is 3. The number of hydrogen-bond donors (Lipinski definition) is 3.